The molecule has 0 aliphatic heterocycles. The number of rotatable bonds is 7. The Balaban J connectivity index is 2.84. The van der Waals surface area contributed by atoms with Gasteiger partial charge in [0, 0.05) is 0 Å². The maximum Gasteiger partial charge on any atom is 0.328 e. The molecule has 0 aromatic heterocycles. The number of hydrogen-bond donors (Lipinski definition) is 1. The van der Waals surface area contributed by atoms with Gasteiger partial charge in [0.1, 0.15) is 11.8 Å². The lowest BCUT2D eigenvalue weighted by molar-refractivity contribution is -0.145. The minimum absolute atomic E-state index is 0.183. The van der Waals surface area contributed by atoms with Gasteiger partial charge in [0.15, 0.2) is 0 Å². The normalized spacial score (nSPS) is 12.0. The molecule has 0 aliphatic rings. The Kier molecular flexibility index (Phi) is 7.07. The number of esters is 1. The number of methoxy groups -OCH3 is 2. The number of ether oxygens (including phenoxy) is 2. The fourth-order valence-electron chi connectivity index (χ4n) is 2.58. The van der Waals surface area contributed by atoms with Crippen molar-refractivity contribution in [3.63, 3.8) is 0 Å². The van der Waals surface area contributed by atoms with E-state index in [1.165, 1.54) is 7.11 Å². The minimum atomic E-state index is -0.605. The topological polar surface area (TPSA) is 64.6 Å². The van der Waals surface area contributed by atoms with Crippen molar-refractivity contribution in [3.05, 3.63) is 28.8 Å². The molecule has 5 nitrogen and oxygen atoms in total. The van der Waals surface area contributed by atoms with Crippen LogP contribution in [0.4, 0.5) is 0 Å². The van der Waals surface area contributed by atoms with Crippen molar-refractivity contribution < 1.29 is 19.1 Å². The van der Waals surface area contributed by atoms with Crippen molar-refractivity contribution in [1.29, 1.82) is 0 Å². The molecule has 0 aliphatic carbocycles. The van der Waals surface area contributed by atoms with E-state index in [2.05, 4.69) is 5.32 Å². The Morgan fingerprint density at radius 1 is 1.13 bits per heavy atom. The summed E-state index contributed by atoms with van der Waals surface area (Å²) in [6.07, 6.45) is 0.784. The number of hydrogen-bond acceptors (Lipinski definition) is 4. The molecule has 1 atom stereocenters. The standard InChI is InChI=1S/C18H27NO4/c1-11(2)7-16(18(21)23-6)19-17(20)10-15-12(3)8-14(22-5)9-13(15)4/h8-9,11,16H,7,10H2,1-6H3,(H,19,20). The Morgan fingerprint density at radius 2 is 1.70 bits per heavy atom. The zero-order valence-corrected chi connectivity index (χ0v) is 14.9. The van der Waals surface area contributed by atoms with Crippen LogP contribution in [-0.2, 0) is 20.7 Å². The largest absolute Gasteiger partial charge is 0.497 e. The van der Waals surface area contributed by atoms with E-state index in [0.29, 0.717) is 6.42 Å². The summed E-state index contributed by atoms with van der Waals surface area (Å²) in [5.41, 5.74) is 2.95. The molecule has 0 fully saturated rings. The number of nitrogens with one attached hydrogen (secondary N) is 1. The van der Waals surface area contributed by atoms with E-state index in [9.17, 15) is 9.59 Å². The second kappa shape index (κ2) is 8.56. The number of carbonyl (C=O) groups is 2. The summed E-state index contributed by atoms with van der Waals surface area (Å²) in [6.45, 7) is 7.90. The van der Waals surface area contributed by atoms with Gasteiger partial charge in [-0.05, 0) is 55.0 Å². The van der Waals surface area contributed by atoms with Crippen LogP contribution in [0.5, 0.6) is 5.75 Å². The molecule has 0 radical (unpaired) electrons. The Bertz CT molecular complexity index is 543. The van der Waals surface area contributed by atoms with Crippen molar-refractivity contribution in [1.82, 2.24) is 5.32 Å². The number of carbonyl (C=O) groups excluding carboxylic acids is 2. The molecule has 5 heteroatoms. The van der Waals surface area contributed by atoms with Gasteiger partial charge in [-0.1, -0.05) is 13.8 Å². The van der Waals surface area contributed by atoms with E-state index in [0.717, 1.165) is 22.4 Å². The van der Waals surface area contributed by atoms with Gasteiger partial charge in [-0.2, -0.15) is 0 Å². The number of aryl methyl sites for hydroxylation is 2. The van der Waals surface area contributed by atoms with Gasteiger partial charge in [0.05, 0.1) is 20.6 Å². The highest BCUT2D eigenvalue weighted by molar-refractivity contribution is 5.86. The molecular weight excluding hydrogens is 294 g/mol. The fourth-order valence-corrected chi connectivity index (χ4v) is 2.58. The molecule has 0 spiro atoms. The highest BCUT2D eigenvalue weighted by Gasteiger charge is 2.23. The molecule has 1 rings (SSSR count). The number of benzene rings is 1. The molecule has 128 valence electrons. The van der Waals surface area contributed by atoms with Crippen LogP contribution in [0.15, 0.2) is 12.1 Å². The molecule has 1 amide bonds. The highest BCUT2D eigenvalue weighted by Crippen LogP contribution is 2.22. The molecule has 1 unspecified atom stereocenters. The summed E-state index contributed by atoms with van der Waals surface area (Å²) in [5, 5.41) is 2.79. The van der Waals surface area contributed by atoms with E-state index >= 15 is 0 Å². The van der Waals surface area contributed by atoms with Crippen LogP contribution < -0.4 is 10.1 Å². The minimum Gasteiger partial charge on any atom is -0.497 e. The monoisotopic (exact) mass is 321 g/mol. The fraction of sp³-hybridized carbons (Fsp3) is 0.556. The van der Waals surface area contributed by atoms with Gasteiger partial charge < -0.3 is 14.8 Å². The van der Waals surface area contributed by atoms with Crippen LogP contribution in [0.3, 0.4) is 0 Å². The first-order valence-electron chi connectivity index (χ1n) is 7.79. The van der Waals surface area contributed by atoms with Gasteiger partial charge in [-0.3, -0.25) is 4.79 Å². The summed E-state index contributed by atoms with van der Waals surface area (Å²) in [5.74, 6) is 0.466. The lowest BCUT2D eigenvalue weighted by Gasteiger charge is -2.19. The Hall–Kier alpha value is -2.04. The molecule has 0 saturated heterocycles. The maximum atomic E-state index is 12.3. The zero-order chi connectivity index (χ0) is 17.6. The molecular formula is C18H27NO4. The second-order valence-corrected chi connectivity index (χ2v) is 6.19. The molecule has 1 aromatic rings. The lowest BCUT2D eigenvalue weighted by Crippen LogP contribution is -2.43. The summed E-state index contributed by atoms with van der Waals surface area (Å²) >= 11 is 0. The van der Waals surface area contributed by atoms with Crippen LogP contribution in [-0.4, -0.2) is 32.1 Å². The SMILES string of the molecule is COC(=O)C(CC(C)C)NC(=O)Cc1c(C)cc(OC)cc1C. The van der Waals surface area contributed by atoms with E-state index in [1.807, 2.05) is 39.8 Å². The van der Waals surface area contributed by atoms with E-state index in [4.69, 9.17) is 9.47 Å². The predicted octanol–water partition coefficient (Wildman–Crippen LogP) is 2.56. The van der Waals surface area contributed by atoms with Crippen molar-refractivity contribution in [2.24, 2.45) is 5.92 Å². The third-order valence-electron chi connectivity index (χ3n) is 3.77. The van der Waals surface area contributed by atoms with Crippen molar-refractivity contribution in [3.8, 4) is 5.75 Å². The van der Waals surface area contributed by atoms with Crippen LogP contribution in [0, 0.1) is 19.8 Å². The Labute approximate surface area is 138 Å². The highest BCUT2D eigenvalue weighted by atomic mass is 16.5. The van der Waals surface area contributed by atoms with Gasteiger partial charge in [0.25, 0.3) is 0 Å². The Morgan fingerprint density at radius 3 is 2.13 bits per heavy atom. The second-order valence-electron chi connectivity index (χ2n) is 6.19. The molecule has 0 saturated carbocycles. The summed E-state index contributed by atoms with van der Waals surface area (Å²) in [4.78, 5) is 24.1. The predicted molar refractivity (Wildman–Crippen MR) is 89.6 cm³/mol. The van der Waals surface area contributed by atoms with Gasteiger partial charge in [-0.25, -0.2) is 4.79 Å². The van der Waals surface area contributed by atoms with Crippen LogP contribution in [0.25, 0.3) is 0 Å². The van der Waals surface area contributed by atoms with E-state index in [-0.39, 0.29) is 18.2 Å². The molecule has 0 bridgehead atoms. The van der Waals surface area contributed by atoms with E-state index < -0.39 is 12.0 Å². The molecule has 1 N–H and O–H groups in total. The van der Waals surface area contributed by atoms with Gasteiger partial charge in [-0.15, -0.1) is 0 Å². The summed E-state index contributed by atoms with van der Waals surface area (Å²) in [7, 11) is 2.95. The average Bonchev–Trinajstić information content (AvgIpc) is 2.48. The average molecular weight is 321 g/mol. The quantitative estimate of drug-likeness (QED) is 0.784. The van der Waals surface area contributed by atoms with Crippen molar-refractivity contribution >= 4 is 11.9 Å². The summed E-state index contributed by atoms with van der Waals surface area (Å²) in [6, 6.07) is 3.20. The molecule has 0 heterocycles. The first-order chi connectivity index (χ1) is 10.8. The van der Waals surface area contributed by atoms with Crippen molar-refractivity contribution in [2.75, 3.05) is 14.2 Å². The smallest absolute Gasteiger partial charge is 0.328 e. The van der Waals surface area contributed by atoms with Crippen molar-refractivity contribution in [2.45, 2.75) is 46.6 Å². The third kappa shape index (κ3) is 5.58. The first kappa shape index (κ1) is 19.0. The van der Waals surface area contributed by atoms with E-state index in [1.54, 1.807) is 7.11 Å². The zero-order valence-electron chi connectivity index (χ0n) is 14.9. The summed E-state index contributed by atoms with van der Waals surface area (Å²) < 4.78 is 10.0. The lowest BCUT2D eigenvalue weighted by atomic mass is 9.98. The van der Waals surface area contributed by atoms with Crippen LogP contribution in [0.1, 0.15) is 37.0 Å². The third-order valence-corrected chi connectivity index (χ3v) is 3.77. The van der Waals surface area contributed by atoms with Gasteiger partial charge >= 0.3 is 5.97 Å². The first-order valence-corrected chi connectivity index (χ1v) is 7.79. The molecule has 23 heavy (non-hydrogen) atoms. The molecule has 1 aromatic carbocycles. The maximum absolute atomic E-state index is 12.3. The van der Waals surface area contributed by atoms with Gasteiger partial charge in [0.2, 0.25) is 5.91 Å². The number of amides is 1. The van der Waals surface area contributed by atoms with Crippen LogP contribution >= 0.6 is 0 Å². The van der Waals surface area contributed by atoms with Crippen LogP contribution in [0.2, 0.25) is 0 Å².